The lowest BCUT2D eigenvalue weighted by Gasteiger charge is -2.37. The number of ether oxygens (including phenoxy) is 1. The summed E-state index contributed by atoms with van der Waals surface area (Å²) in [5.41, 5.74) is -0.755. The molecule has 3 heterocycles. The number of carbonyl (C=O) groups is 2. The number of amides is 1. The van der Waals surface area contributed by atoms with Crippen LogP contribution in [-0.2, 0) is 10.9 Å². The van der Waals surface area contributed by atoms with Gasteiger partial charge in [-0.25, -0.2) is 14.8 Å². The van der Waals surface area contributed by atoms with Gasteiger partial charge in [0.2, 0.25) is 0 Å². The van der Waals surface area contributed by atoms with Crippen molar-refractivity contribution in [3.05, 3.63) is 28.3 Å². The number of aryl methyl sites for hydroxylation is 1. The Morgan fingerprint density at radius 3 is 2.69 bits per heavy atom. The third-order valence-electron chi connectivity index (χ3n) is 4.51. The number of carboxylic acids is 1. The summed E-state index contributed by atoms with van der Waals surface area (Å²) in [4.78, 5) is 35.3. The number of thiazole rings is 1. The molecule has 2 aromatic heterocycles. The summed E-state index contributed by atoms with van der Waals surface area (Å²) in [7, 11) is 1.46. The molecule has 0 radical (unpaired) electrons. The predicted octanol–water partition coefficient (Wildman–Crippen LogP) is 1.92. The molecule has 29 heavy (non-hydrogen) atoms. The molecule has 3 N–H and O–H groups in total. The highest BCUT2D eigenvalue weighted by molar-refractivity contribution is 7.17. The van der Waals surface area contributed by atoms with E-state index >= 15 is 0 Å². The number of carbonyl (C=O) groups excluding carboxylic acids is 1. The highest BCUT2D eigenvalue weighted by Crippen LogP contribution is 2.29. The van der Waals surface area contributed by atoms with Crippen LogP contribution in [0.2, 0.25) is 0 Å². The molecule has 0 saturated carbocycles. The van der Waals surface area contributed by atoms with Crippen molar-refractivity contribution in [2.75, 3.05) is 25.1 Å². The van der Waals surface area contributed by atoms with Crippen LogP contribution in [0.4, 0.5) is 18.3 Å². The number of halogens is 3. The van der Waals surface area contributed by atoms with Crippen molar-refractivity contribution in [2.24, 2.45) is 0 Å². The second-order valence-electron chi connectivity index (χ2n) is 6.44. The van der Waals surface area contributed by atoms with E-state index in [1.54, 1.807) is 6.92 Å². The summed E-state index contributed by atoms with van der Waals surface area (Å²) < 4.78 is 43.4. The van der Waals surface area contributed by atoms with Gasteiger partial charge in [0.1, 0.15) is 4.88 Å². The molecule has 3 rings (SSSR count). The number of nitrogens with one attached hydrogen (secondary N) is 2. The molecule has 2 atom stereocenters. The Bertz CT molecular complexity index is 913. The van der Waals surface area contributed by atoms with E-state index in [0.29, 0.717) is 36.5 Å². The maximum Gasteiger partial charge on any atom is 0.434 e. The van der Waals surface area contributed by atoms with Crippen LogP contribution in [0.1, 0.15) is 38.1 Å². The molecule has 2 aromatic rings. The lowest BCUT2D eigenvalue weighted by molar-refractivity contribution is -0.140. The maximum absolute atomic E-state index is 12.6. The van der Waals surface area contributed by atoms with Gasteiger partial charge in [0, 0.05) is 26.4 Å². The number of hydrogen-bond acceptors (Lipinski definition) is 7. The maximum atomic E-state index is 12.6. The van der Waals surface area contributed by atoms with Crippen LogP contribution in [0.25, 0.3) is 0 Å². The third-order valence-corrected chi connectivity index (χ3v) is 5.72. The second-order valence-corrected chi connectivity index (χ2v) is 7.41. The van der Waals surface area contributed by atoms with Crippen LogP contribution in [0, 0.1) is 6.92 Å². The van der Waals surface area contributed by atoms with Gasteiger partial charge in [0.05, 0.1) is 17.8 Å². The van der Waals surface area contributed by atoms with Gasteiger partial charge >= 0.3 is 12.1 Å². The van der Waals surface area contributed by atoms with Crippen molar-refractivity contribution in [3.8, 4) is 0 Å². The number of aromatic nitrogens is 3. The van der Waals surface area contributed by atoms with E-state index in [-0.39, 0.29) is 4.88 Å². The number of hydrogen-bond donors (Lipinski definition) is 3. The molecule has 1 fully saturated rings. The van der Waals surface area contributed by atoms with Gasteiger partial charge in [-0.3, -0.25) is 4.79 Å². The van der Waals surface area contributed by atoms with Gasteiger partial charge in [-0.05, 0) is 13.3 Å². The zero-order chi connectivity index (χ0) is 21.3. The average Bonchev–Trinajstić information content (AvgIpc) is 3.29. The highest BCUT2D eigenvalue weighted by atomic mass is 32.1. The molecule has 0 bridgehead atoms. The van der Waals surface area contributed by atoms with E-state index in [9.17, 15) is 27.9 Å². The number of H-pyrrole nitrogens is 1. The van der Waals surface area contributed by atoms with Gasteiger partial charge in [0.15, 0.2) is 16.6 Å². The monoisotopic (exact) mass is 433 g/mol. The smallest absolute Gasteiger partial charge is 0.434 e. The van der Waals surface area contributed by atoms with Crippen LogP contribution in [0.5, 0.6) is 0 Å². The van der Waals surface area contributed by atoms with Crippen LogP contribution in [-0.4, -0.2) is 64.3 Å². The SMILES string of the molecule is CO[C@H]1CN(c2nc(C)c(C(=O)O)s2)CC[C@H]1NC(=O)c1nc(C(F)(F)F)c[nH]1. The molecule has 1 aliphatic rings. The Morgan fingerprint density at radius 1 is 1.41 bits per heavy atom. The van der Waals surface area contributed by atoms with Crippen LogP contribution < -0.4 is 10.2 Å². The largest absolute Gasteiger partial charge is 0.477 e. The third kappa shape index (κ3) is 4.50. The molecule has 13 heteroatoms. The lowest BCUT2D eigenvalue weighted by atomic mass is 10.0. The number of nitrogens with zero attached hydrogens (tertiary/aromatic N) is 3. The predicted molar refractivity (Wildman–Crippen MR) is 96.3 cm³/mol. The minimum absolute atomic E-state index is 0.155. The van der Waals surface area contributed by atoms with E-state index < -0.39 is 41.7 Å². The zero-order valence-electron chi connectivity index (χ0n) is 15.4. The quantitative estimate of drug-likeness (QED) is 0.659. The fourth-order valence-corrected chi connectivity index (χ4v) is 3.97. The minimum atomic E-state index is -4.64. The molecule has 0 spiro atoms. The van der Waals surface area contributed by atoms with Crippen LogP contribution in [0.3, 0.4) is 0 Å². The molecule has 158 valence electrons. The molecule has 1 amide bonds. The normalized spacial score (nSPS) is 20.0. The van der Waals surface area contributed by atoms with Gasteiger partial charge in [-0.15, -0.1) is 0 Å². The van der Waals surface area contributed by atoms with E-state index in [1.165, 1.54) is 7.11 Å². The second kappa shape index (κ2) is 7.99. The number of imidazole rings is 1. The van der Waals surface area contributed by atoms with Crippen molar-refractivity contribution in [2.45, 2.75) is 31.7 Å². The molecule has 0 unspecified atom stereocenters. The summed E-state index contributed by atoms with van der Waals surface area (Å²) >= 11 is 1.05. The fraction of sp³-hybridized carbons (Fsp3) is 0.500. The molecule has 1 saturated heterocycles. The summed E-state index contributed by atoms with van der Waals surface area (Å²) in [6, 6.07) is -0.455. The number of aromatic carboxylic acids is 1. The van der Waals surface area contributed by atoms with Crippen molar-refractivity contribution in [3.63, 3.8) is 0 Å². The van der Waals surface area contributed by atoms with Crippen molar-refractivity contribution >= 4 is 28.3 Å². The molecule has 0 aromatic carbocycles. The first kappa shape index (κ1) is 21.0. The number of carboxylic acid groups (broad SMARTS) is 1. The van der Waals surface area contributed by atoms with Gasteiger partial charge in [-0.1, -0.05) is 11.3 Å². The van der Waals surface area contributed by atoms with Gasteiger partial charge in [-0.2, -0.15) is 13.2 Å². The Hall–Kier alpha value is -2.67. The first-order valence-corrected chi connectivity index (χ1v) is 9.33. The van der Waals surface area contributed by atoms with Crippen molar-refractivity contribution in [1.29, 1.82) is 0 Å². The first-order valence-electron chi connectivity index (χ1n) is 8.52. The van der Waals surface area contributed by atoms with Crippen LogP contribution >= 0.6 is 11.3 Å². The Morgan fingerprint density at radius 2 is 2.14 bits per heavy atom. The molecule has 0 aliphatic carbocycles. The Balaban J connectivity index is 1.67. The highest BCUT2D eigenvalue weighted by Gasteiger charge is 2.36. The van der Waals surface area contributed by atoms with Gasteiger partial charge in [0.25, 0.3) is 5.91 Å². The number of alkyl halides is 3. The Labute approximate surface area is 166 Å². The number of rotatable bonds is 5. The Kier molecular flexibility index (Phi) is 5.80. The van der Waals surface area contributed by atoms with E-state index in [0.717, 1.165) is 11.3 Å². The van der Waals surface area contributed by atoms with Gasteiger partial charge < -0.3 is 25.0 Å². The topological polar surface area (TPSA) is 120 Å². The minimum Gasteiger partial charge on any atom is -0.477 e. The summed E-state index contributed by atoms with van der Waals surface area (Å²) in [6.07, 6.45) is -4.05. The lowest BCUT2D eigenvalue weighted by Crippen LogP contribution is -2.55. The summed E-state index contributed by atoms with van der Waals surface area (Å²) in [5, 5.41) is 12.4. The standard InChI is InChI=1S/C16H18F3N5O4S/c1-7-11(14(26)27)29-15(21-7)24-4-3-8(9(6-24)28-2)22-13(25)12-20-5-10(23-12)16(17,18)19/h5,8-9H,3-4,6H2,1-2H3,(H,20,23)(H,22,25)(H,26,27)/t8-,9+/m1/s1. The molecule has 9 nitrogen and oxygen atoms in total. The first-order chi connectivity index (χ1) is 13.6. The molecular formula is C16H18F3N5O4S. The molecular weight excluding hydrogens is 415 g/mol. The van der Waals surface area contributed by atoms with Crippen molar-refractivity contribution < 1.29 is 32.6 Å². The van der Waals surface area contributed by atoms with Crippen molar-refractivity contribution in [1.82, 2.24) is 20.3 Å². The number of piperidine rings is 1. The summed E-state index contributed by atoms with van der Waals surface area (Å²) in [6.45, 7) is 2.41. The van der Waals surface area contributed by atoms with E-state index in [1.807, 2.05) is 4.90 Å². The number of aromatic amines is 1. The average molecular weight is 433 g/mol. The fourth-order valence-electron chi connectivity index (χ4n) is 3.03. The number of methoxy groups -OCH3 is 1. The molecule has 1 aliphatic heterocycles. The number of anilines is 1. The van der Waals surface area contributed by atoms with Crippen LogP contribution in [0.15, 0.2) is 6.20 Å². The summed E-state index contributed by atoms with van der Waals surface area (Å²) in [5.74, 6) is -2.25. The van der Waals surface area contributed by atoms with E-state index in [4.69, 9.17) is 4.74 Å². The zero-order valence-corrected chi connectivity index (χ0v) is 16.2. The van der Waals surface area contributed by atoms with E-state index in [2.05, 4.69) is 20.3 Å².